The first kappa shape index (κ1) is 19.9. The smallest absolute Gasteiger partial charge is 0.191 e. The molecule has 4 unspecified atom stereocenters. The van der Waals surface area contributed by atoms with Gasteiger partial charge < -0.3 is 20.1 Å². The Morgan fingerprint density at radius 2 is 1.92 bits per heavy atom. The zero-order chi connectivity index (χ0) is 18.4. The number of hydrogen-bond acceptors (Lipinski definition) is 4. The van der Waals surface area contributed by atoms with Crippen molar-refractivity contribution in [2.75, 3.05) is 39.4 Å². The number of morpholine rings is 1. The molecule has 3 rings (SSSR count). The third kappa shape index (κ3) is 4.90. The maximum atomic E-state index is 5.99. The van der Waals surface area contributed by atoms with Gasteiger partial charge >= 0.3 is 0 Å². The molecule has 3 fully saturated rings. The lowest BCUT2D eigenvalue weighted by Crippen LogP contribution is -2.50. The van der Waals surface area contributed by atoms with Gasteiger partial charge in [0.05, 0.1) is 38.0 Å². The molecule has 0 aromatic rings. The molecule has 6 nitrogen and oxygen atoms in total. The fraction of sp³-hybridized carbons (Fsp3) is 0.950. The highest BCUT2D eigenvalue weighted by atomic mass is 16.5. The summed E-state index contributed by atoms with van der Waals surface area (Å²) in [4.78, 5) is 7.60. The Labute approximate surface area is 159 Å². The van der Waals surface area contributed by atoms with Crippen LogP contribution in [0.25, 0.3) is 0 Å². The highest BCUT2D eigenvalue weighted by Crippen LogP contribution is 2.34. The van der Waals surface area contributed by atoms with Crippen LogP contribution in [0.2, 0.25) is 0 Å². The van der Waals surface area contributed by atoms with Crippen molar-refractivity contribution in [1.29, 1.82) is 0 Å². The predicted octanol–water partition coefficient (Wildman–Crippen LogP) is 2.00. The third-order valence-electron chi connectivity index (χ3n) is 6.32. The molecule has 0 aromatic carbocycles. The summed E-state index contributed by atoms with van der Waals surface area (Å²) in [5, 5.41) is 7.09. The van der Waals surface area contributed by atoms with Crippen LogP contribution in [0.15, 0.2) is 4.99 Å². The van der Waals surface area contributed by atoms with E-state index >= 15 is 0 Å². The van der Waals surface area contributed by atoms with E-state index in [1.807, 2.05) is 0 Å². The summed E-state index contributed by atoms with van der Waals surface area (Å²) in [5.41, 5.74) is 0. The molecule has 6 heteroatoms. The molecule has 4 atom stereocenters. The van der Waals surface area contributed by atoms with Gasteiger partial charge in [-0.2, -0.15) is 0 Å². The maximum absolute atomic E-state index is 5.99. The number of guanidine groups is 1. The van der Waals surface area contributed by atoms with Crippen molar-refractivity contribution in [3.8, 4) is 0 Å². The molecule has 0 spiro atoms. The Morgan fingerprint density at radius 3 is 2.50 bits per heavy atom. The van der Waals surface area contributed by atoms with Crippen LogP contribution in [-0.2, 0) is 9.47 Å². The molecular weight excluding hydrogens is 328 g/mol. The molecule has 0 radical (unpaired) electrons. The second kappa shape index (κ2) is 9.90. The molecule has 3 saturated heterocycles. The van der Waals surface area contributed by atoms with Gasteiger partial charge in [0.1, 0.15) is 0 Å². The first-order valence-corrected chi connectivity index (χ1v) is 10.8. The highest BCUT2D eigenvalue weighted by Gasteiger charge is 2.41. The fourth-order valence-corrected chi connectivity index (χ4v) is 4.77. The fourth-order valence-electron chi connectivity index (χ4n) is 4.77. The molecule has 26 heavy (non-hydrogen) atoms. The van der Waals surface area contributed by atoms with Gasteiger partial charge in [0, 0.05) is 25.7 Å². The second-order valence-corrected chi connectivity index (χ2v) is 7.87. The van der Waals surface area contributed by atoms with Gasteiger partial charge in [-0.05, 0) is 32.1 Å². The van der Waals surface area contributed by atoms with Gasteiger partial charge in [-0.1, -0.05) is 26.7 Å². The number of fused-ring (bicyclic) bond motifs is 2. The summed E-state index contributed by atoms with van der Waals surface area (Å²) in [5.74, 6) is 1.64. The van der Waals surface area contributed by atoms with Gasteiger partial charge in [0.15, 0.2) is 5.96 Å². The van der Waals surface area contributed by atoms with Crippen molar-refractivity contribution in [3.63, 3.8) is 0 Å². The van der Waals surface area contributed by atoms with Crippen LogP contribution < -0.4 is 10.6 Å². The predicted molar refractivity (Wildman–Crippen MR) is 106 cm³/mol. The number of aliphatic imine (C=N–C) groups is 1. The lowest BCUT2D eigenvalue weighted by Gasteiger charge is -2.38. The summed E-state index contributed by atoms with van der Waals surface area (Å²) in [7, 11) is 0. The molecule has 2 N–H and O–H groups in total. The van der Waals surface area contributed by atoms with Crippen molar-refractivity contribution in [3.05, 3.63) is 0 Å². The van der Waals surface area contributed by atoms with Crippen LogP contribution in [-0.4, -0.2) is 74.5 Å². The van der Waals surface area contributed by atoms with Crippen LogP contribution in [0.4, 0.5) is 0 Å². The summed E-state index contributed by atoms with van der Waals surface area (Å²) < 4.78 is 11.6. The van der Waals surface area contributed by atoms with Crippen LogP contribution >= 0.6 is 0 Å². The lowest BCUT2D eigenvalue weighted by atomic mass is 9.92. The Kier molecular flexibility index (Phi) is 7.58. The SMILES string of the molecule is CCNC(=NCC(C(CC)CC)N1CCOCC1)NC1CC2CCC1O2. The normalized spacial score (nSPS) is 30.8. The van der Waals surface area contributed by atoms with E-state index in [1.54, 1.807) is 0 Å². The van der Waals surface area contributed by atoms with E-state index in [0.29, 0.717) is 30.2 Å². The minimum atomic E-state index is 0.373. The van der Waals surface area contributed by atoms with Gasteiger partial charge in [-0.25, -0.2) is 0 Å². The minimum Gasteiger partial charge on any atom is -0.379 e. The van der Waals surface area contributed by atoms with Gasteiger partial charge in [-0.3, -0.25) is 9.89 Å². The van der Waals surface area contributed by atoms with Crippen molar-refractivity contribution >= 4 is 5.96 Å². The minimum absolute atomic E-state index is 0.373. The number of ether oxygens (including phenoxy) is 2. The summed E-state index contributed by atoms with van der Waals surface area (Å²) in [6, 6.07) is 0.919. The zero-order valence-corrected chi connectivity index (χ0v) is 16.9. The molecule has 3 aliphatic rings. The maximum Gasteiger partial charge on any atom is 0.191 e. The number of hydrogen-bond donors (Lipinski definition) is 2. The van der Waals surface area contributed by atoms with Gasteiger partial charge in [0.2, 0.25) is 0 Å². The number of rotatable bonds is 8. The van der Waals surface area contributed by atoms with Crippen molar-refractivity contribution in [2.45, 2.75) is 77.2 Å². The molecule has 2 bridgehead atoms. The molecule has 0 saturated carbocycles. The Balaban J connectivity index is 1.63. The lowest BCUT2D eigenvalue weighted by molar-refractivity contribution is 0.00394. The molecular formula is C20H38N4O2. The Morgan fingerprint density at radius 1 is 1.15 bits per heavy atom. The first-order valence-electron chi connectivity index (χ1n) is 10.8. The molecule has 0 amide bonds. The summed E-state index contributed by atoms with van der Waals surface area (Å²) >= 11 is 0. The molecule has 0 aromatic heterocycles. The van der Waals surface area contributed by atoms with Crippen molar-refractivity contribution < 1.29 is 9.47 Å². The first-order chi connectivity index (χ1) is 12.7. The van der Waals surface area contributed by atoms with E-state index in [1.165, 1.54) is 25.7 Å². The number of nitrogens with one attached hydrogen (secondary N) is 2. The molecule has 0 aliphatic carbocycles. The summed E-state index contributed by atoms with van der Waals surface area (Å²) in [6.07, 6.45) is 6.78. The molecule has 3 aliphatic heterocycles. The third-order valence-corrected chi connectivity index (χ3v) is 6.32. The monoisotopic (exact) mass is 366 g/mol. The average molecular weight is 367 g/mol. The van der Waals surface area contributed by atoms with Gasteiger partial charge in [0.25, 0.3) is 0 Å². The Bertz CT molecular complexity index is 449. The van der Waals surface area contributed by atoms with E-state index in [9.17, 15) is 0 Å². The largest absolute Gasteiger partial charge is 0.379 e. The van der Waals surface area contributed by atoms with Crippen LogP contribution in [0, 0.1) is 5.92 Å². The zero-order valence-electron chi connectivity index (χ0n) is 16.9. The molecule has 150 valence electrons. The van der Waals surface area contributed by atoms with Crippen LogP contribution in [0.5, 0.6) is 0 Å². The quantitative estimate of drug-likeness (QED) is 0.508. The van der Waals surface area contributed by atoms with Crippen LogP contribution in [0.1, 0.15) is 52.9 Å². The van der Waals surface area contributed by atoms with E-state index < -0.39 is 0 Å². The number of nitrogens with zero attached hydrogens (tertiary/aromatic N) is 2. The van der Waals surface area contributed by atoms with Crippen molar-refractivity contribution in [2.24, 2.45) is 10.9 Å². The van der Waals surface area contributed by atoms with E-state index in [2.05, 4.69) is 36.3 Å². The molecule has 3 heterocycles. The van der Waals surface area contributed by atoms with Gasteiger partial charge in [-0.15, -0.1) is 0 Å². The van der Waals surface area contributed by atoms with E-state index in [4.69, 9.17) is 14.5 Å². The van der Waals surface area contributed by atoms with E-state index in [-0.39, 0.29) is 0 Å². The Hall–Kier alpha value is -0.850. The highest BCUT2D eigenvalue weighted by molar-refractivity contribution is 5.80. The van der Waals surface area contributed by atoms with Crippen molar-refractivity contribution in [1.82, 2.24) is 15.5 Å². The standard InChI is InChI=1S/C20H38N4O2/c1-4-15(5-2)18(24-9-11-25-12-10-24)14-22-20(21-6-3)23-17-13-16-7-8-19(17)26-16/h15-19H,4-14H2,1-3H3,(H2,21,22,23). The summed E-state index contributed by atoms with van der Waals surface area (Å²) in [6.45, 7) is 12.2. The van der Waals surface area contributed by atoms with E-state index in [0.717, 1.165) is 51.8 Å². The topological polar surface area (TPSA) is 58.1 Å². The van der Waals surface area contributed by atoms with Crippen LogP contribution in [0.3, 0.4) is 0 Å². The average Bonchev–Trinajstić information content (AvgIpc) is 3.29. The second-order valence-electron chi connectivity index (χ2n) is 7.87.